The van der Waals surface area contributed by atoms with Crippen molar-refractivity contribution in [3.63, 3.8) is 0 Å². The molecule has 4 rings (SSSR count). The first-order valence-corrected chi connectivity index (χ1v) is 13.5. The van der Waals surface area contributed by atoms with Gasteiger partial charge in [-0.25, -0.2) is 0 Å². The van der Waals surface area contributed by atoms with Gasteiger partial charge in [0.2, 0.25) is 23.5 Å². The molecule has 3 fully saturated rings. The zero-order chi connectivity index (χ0) is 27.9. The van der Waals surface area contributed by atoms with E-state index in [2.05, 4.69) is 21.3 Å². The van der Waals surface area contributed by atoms with Crippen LogP contribution in [0.1, 0.15) is 26.7 Å². The molecule has 1 aromatic carbocycles. The number of ketones is 1. The second-order valence-corrected chi connectivity index (χ2v) is 11.8. The smallest absolute Gasteiger partial charge is 0.289 e. The Labute approximate surface area is 235 Å². The summed E-state index contributed by atoms with van der Waals surface area (Å²) in [6.45, 7) is 4.73. The van der Waals surface area contributed by atoms with Crippen molar-refractivity contribution in [2.45, 2.75) is 38.8 Å². The van der Waals surface area contributed by atoms with Crippen LogP contribution in [0, 0.1) is 23.2 Å². The van der Waals surface area contributed by atoms with Crippen molar-refractivity contribution in [3.05, 3.63) is 27.2 Å². The fraction of sp³-hybridized carbons (Fsp3) is 0.560. The number of rotatable bonds is 9. The van der Waals surface area contributed by atoms with E-state index in [1.807, 2.05) is 13.8 Å². The third-order valence-corrected chi connectivity index (χ3v) is 8.80. The van der Waals surface area contributed by atoms with Crippen LogP contribution in [0.4, 0.5) is 5.69 Å². The maximum absolute atomic E-state index is 13.6. The second kappa shape index (κ2) is 10.9. The number of likely N-dealkylation sites (N-methyl/N-ethyl adjacent to an activating group) is 1. The van der Waals surface area contributed by atoms with Crippen molar-refractivity contribution < 1.29 is 24.0 Å². The van der Waals surface area contributed by atoms with E-state index in [0.717, 1.165) is 0 Å². The van der Waals surface area contributed by atoms with Crippen LogP contribution in [0.2, 0.25) is 15.1 Å². The summed E-state index contributed by atoms with van der Waals surface area (Å²) in [5.41, 5.74) is 0.184. The third-order valence-electron chi connectivity index (χ3n) is 7.99. The topological polar surface area (TPSA) is 137 Å². The second-order valence-electron chi connectivity index (χ2n) is 10.6. The summed E-state index contributed by atoms with van der Waals surface area (Å²) in [6.07, 6.45) is 0.497. The number of Topliss-reactive ketones (excluding diaryl/α,β-unsaturated/α-hetero) is 1. The summed E-state index contributed by atoms with van der Waals surface area (Å²) >= 11 is 18.4. The predicted octanol–water partition coefficient (Wildman–Crippen LogP) is 1.87. The van der Waals surface area contributed by atoms with Crippen molar-refractivity contribution in [1.82, 2.24) is 20.9 Å². The zero-order valence-electron chi connectivity index (χ0n) is 21.2. The molecule has 2 heterocycles. The summed E-state index contributed by atoms with van der Waals surface area (Å²) in [7, 11) is 1.32. The highest BCUT2D eigenvalue weighted by Gasteiger charge is 2.69. The molecule has 0 radical (unpaired) electrons. The highest BCUT2D eigenvalue weighted by atomic mass is 35.5. The van der Waals surface area contributed by atoms with Gasteiger partial charge in [-0.2, -0.15) is 0 Å². The lowest BCUT2D eigenvalue weighted by Gasteiger charge is -2.31. The van der Waals surface area contributed by atoms with Crippen LogP contribution >= 0.6 is 34.8 Å². The SMILES string of the molecule is CNC(=O)C(=O)[C@H](C[C@@H]1CCNC1=O)NC(=O)[C@@H]1[C@@H]2[C@H](CN1C(=O)CNc1c(Cl)cc(Cl)cc1Cl)C2(C)C. The van der Waals surface area contributed by atoms with Crippen LogP contribution in [0.5, 0.6) is 0 Å². The molecular formula is C25H30Cl3N5O5. The number of halogens is 3. The van der Waals surface area contributed by atoms with Gasteiger partial charge in [0.15, 0.2) is 0 Å². The van der Waals surface area contributed by atoms with E-state index in [1.165, 1.54) is 24.1 Å². The van der Waals surface area contributed by atoms with Gasteiger partial charge in [-0.1, -0.05) is 48.7 Å². The molecule has 1 saturated carbocycles. The molecule has 0 aromatic heterocycles. The first kappa shape index (κ1) is 28.4. The molecule has 0 bridgehead atoms. The van der Waals surface area contributed by atoms with Crippen LogP contribution in [0.25, 0.3) is 0 Å². The van der Waals surface area contributed by atoms with Gasteiger partial charge in [-0.15, -0.1) is 0 Å². The predicted molar refractivity (Wildman–Crippen MR) is 143 cm³/mol. The molecule has 13 heteroatoms. The summed E-state index contributed by atoms with van der Waals surface area (Å²) in [5, 5.41) is 11.5. The summed E-state index contributed by atoms with van der Waals surface area (Å²) in [6, 6.07) is 0.969. The zero-order valence-corrected chi connectivity index (χ0v) is 23.5. The number of piperidine rings is 1. The highest BCUT2D eigenvalue weighted by molar-refractivity contribution is 6.41. The number of hydrogen-bond acceptors (Lipinski definition) is 6. The molecule has 0 spiro atoms. The molecule has 1 aromatic rings. The third kappa shape index (κ3) is 5.44. The summed E-state index contributed by atoms with van der Waals surface area (Å²) < 4.78 is 0. The summed E-state index contributed by atoms with van der Waals surface area (Å²) in [4.78, 5) is 65.5. The van der Waals surface area contributed by atoms with Gasteiger partial charge in [0.05, 0.1) is 28.3 Å². The maximum atomic E-state index is 13.6. The lowest BCUT2D eigenvalue weighted by Crippen LogP contribution is -2.56. The quantitative estimate of drug-likeness (QED) is 0.326. The van der Waals surface area contributed by atoms with Gasteiger partial charge in [0.1, 0.15) is 6.04 Å². The molecule has 0 unspecified atom stereocenters. The van der Waals surface area contributed by atoms with Crippen LogP contribution in [0.3, 0.4) is 0 Å². The molecule has 2 saturated heterocycles. The molecule has 4 amide bonds. The normalized spacial score (nSPS) is 25.7. The highest BCUT2D eigenvalue weighted by Crippen LogP contribution is 2.64. The minimum atomic E-state index is -1.20. The van der Waals surface area contributed by atoms with Crippen molar-refractivity contribution in [2.24, 2.45) is 23.2 Å². The van der Waals surface area contributed by atoms with Crippen molar-refractivity contribution in [1.29, 1.82) is 0 Å². The number of anilines is 1. The average molecular weight is 587 g/mol. The molecule has 5 atom stereocenters. The van der Waals surface area contributed by atoms with Gasteiger partial charge in [-0.05, 0) is 42.2 Å². The molecule has 206 valence electrons. The van der Waals surface area contributed by atoms with Gasteiger partial charge in [-0.3, -0.25) is 24.0 Å². The molecule has 3 aliphatic rings. The number of carbonyl (C=O) groups is 5. The van der Waals surface area contributed by atoms with E-state index >= 15 is 0 Å². The van der Waals surface area contributed by atoms with Gasteiger partial charge in [0, 0.05) is 31.1 Å². The van der Waals surface area contributed by atoms with Crippen molar-refractivity contribution in [2.75, 3.05) is 32.0 Å². The Morgan fingerprint density at radius 1 is 1.16 bits per heavy atom. The van der Waals surface area contributed by atoms with Gasteiger partial charge in [0.25, 0.3) is 5.91 Å². The van der Waals surface area contributed by atoms with E-state index in [4.69, 9.17) is 34.8 Å². The summed E-state index contributed by atoms with van der Waals surface area (Å²) in [5.74, 6) is -3.30. The van der Waals surface area contributed by atoms with E-state index < -0.39 is 35.6 Å². The number of hydrogen-bond donors (Lipinski definition) is 4. The Bertz CT molecular complexity index is 1170. The Morgan fingerprint density at radius 3 is 2.39 bits per heavy atom. The number of benzene rings is 1. The van der Waals surface area contributed by atoms with E-state index in [0.29, 0.717) is 30.2 Å². The first-order valence-electron chi connectivity index (χ1n) is 12.4. The van der Waals surface area contributed by atoms with Gasteiger partial charge < -0.3 is 26.2 Å². The standard InChI is InChI=1S/C25H30Cl3N5O5/c1-25(2)13-10-33(17(34)9-31-19-14(27)7-12(26)8-15(19)28)20(18(13)25)23(37)32-16(21(35)24(38)29-3)6-11-4-5-30-22(11)36/h7-8,11,13,16,18,20,31H,4-6,9-10H2,1-3H3,(H,29,38)(H,30,36)(H,32,37)/t11-,13-,16-,18-,20-/m0/s1. The number of likely N-dealkylation sites (tertiary alicyclic amines) is 1. The monoisotopic (exact) mass is 585 g/mol. The Balaban J connectivity index is 1.50. The molecule has 2 aliphatic heterocycles. The lowest BCUT2D eigenvalue weighted by atomic mass is 9.94. The minimum absolute atomic E-state index is 0.00288. The van der Waals surface area contributed by atoms with E-state index in [9.17, 15) is 24.0 Å². The van der Waals surface area contributed by atoms with Crippen molar-refractivity contribution in [3.8, 4) is 0 Å². The largest absolute Gasteiger partial charge is 0.374 e. The fourth-order valence-electron chi connectivity index (χ4n) is 5.74. The number of nitrogens with zero attached hydrogens (tertiary/aromatic N) is 1. The van der Waals surface area contributed by atoms with Crippen molar-refractivity contribution >= 4 is 69.9 Å². The van der Waals surface area contributed by atoms with Crippen LogP contribution in [-0.4, -0.2) is 73.1 Å². The molecule has 4 N–H and O–H groups in total. The lowest BCUT2D eigenvalue weighted by molar-refractivity contribution is -0.143. The maximum Gasteiger partial charge on any atom is 0.289 e. The molecule has 38 heavy (non-hydrogen) atoms. The fourth-order valence-corrected chi connectivity index (χ4v) is 6.69. The van der Waals surface area contributed by atoms with Gasteiger partial charge >= 0.3 is 0 Å². The molecule has 1 aliphatic carbocycles. The van der Waals surface area contributed by atoms with Crippen LogP contribution in [0.15, 0.2) is 12.1 Å². The van der Waals surface area contributed by atoms with E-state index in [-0.39, 0.29) is 52.1 Å². The van der Waals surface area contributed by atoms with E-state index in [1.54, 1.807) is 0 Å². The van der Waals surface area contributed by atoms with Crippen LogP contribution in [-0.2, 0) is 24.0 Å². The Kier molecular flexibility index (Phi) is 8.16. The average Bonchev–Trinajstić information content (AvgIpc) is 3.20. The first-order chi connectivity index (χ1) is 17.9. The molecular weight excluding hydrogens is 557 g/mol. The number of carbonyl (C=O) groups excluding carboxylic acids is 5. The van der Waals surface area contributed by atoms with Crippen LogP contribution < -0.4 is 21.3 Å². The number of amides is 4. The Morgan fingerprint density at radius 2 is 1.82 bits per heavy atom. The Hall–Kier alpha value is -2.56. The number of nitrogens with one attached hydrogen (secondary N) is 4. The molecule has 10 nitrogen and oxygen atoms in total. The number of fused-ring (bicyclic) bond motifs is 1. The minimum Gasteiger partial charge on any atom is -0.374 e.